The second-order valence-corrected chi connectivity index (χ2v) is 8.62. The highest BCUT2D eigenvalue weighted by atomic mass is 35.5. The Morgan fingerprint density at radius 3 is 2.63 bits per heavy atom. The number of benzene rings is 2. The molecular weight excluding hydrogens is 418 g/mol. The number of hydrogen-bond acceptors (Lipinski definition) is 5. The van der Waals surface area contributed by atoms with Gasteiger partial charge in [0.25, 0.3) is 0 Å². The zero-order valence-corrected chi connectivity index (χ0v) is 18.6. The van der Waals surface area contributed by atoms with Crippen molar-refractivity contribution < 1.29 is 9.53 Å². The Bertz CT molecular complexity index is 1020. The van der Waals surface area contributed by atoms with E-state index in [0.29, 0.717) is 31.3 Å². The van der Waals surface area contributed by atoms with E-state index in [0.717, 1.165) is 27.6 Å². The summed E-state index contributed by atoms with van der Waals surface area (Å²) in [5, 5.41) is 3.51. The van der Waals surface area contributed by atoms with Crippen molar-refractivity contribution in [2.45, 2.75) is 19.9 Å². The molecule has 0 radical (unpaired) electrons. The van der Waals surface area contributed by atoms with Crippen LogP contribution in [0, 0.1) is 6.92 Å². The van der Waals surface area contributed by atoms with Crippen molar-refractivity contribution in [3.05, 3.63) is 64.5 Å². The monoisotopic (exact) mass is 441 g/mol. The second-order valence-electron chi connectivity index (χ2n) is 7.34. The summed E-state index contributed by atoms with van der Waals surface area (Å²) in [7, 11) is 0. The van der Waals surface area contributed by atoms with Gasteiger partial charge < -0.3 is 14.5 Å². The van der Waals surface area contributed by atoms with Gasteiger partial charge in [-0.05, 0) is 43.7 Å². The van der Waals surface area contributed by atoms with Gasteiger partial charge in [-0.25, -0.2) is 4.98 Å². The number of aryl methyl sites for hydroxylation is 1. The van der Waals surface area contributed by atoms with Crippen LogP contribution >= 0.6 is 22.9 Å². The van der Waals surface area contributed by atoms with Crippen LogP contribution in [0.1, 0.15) is 12.5 Å². The van der Waals surface area contributed by atoms with Crippen molar-refractivity contribution in [3.8, 4) is 11.3 Å². The summed E-state index contributed by atoms with van der Waals surface area (Å²) in [6.45, 7) is 6.42. The van der Waals surface area contributed by atoms with Gasteiger partial charge >= 0.3 is 0 Å². The van der Waals surface area contributed by atoms with Gasteiger partial charge in [-0.15, -0.1) is 11.3 Å². The molecule has 1 unspecified atom stereocenters. The normalized spacial score (nSPS) is 15.1. The number of carbonyl (C=O) groups excluding carboxylic acids is 1. The number of nitrogens with zero attached hydrogens (tertiary/aromatic N) is 3. The molecule has 1 aliphatic heterocycles. The molecule has 0 bridgehead atoms. The molecule has 0 spiro atoms. The molecule has 1 fully saturated rings. The lowest BCUT2D eigenvalue weighted by atomic mass is 10.1. The van der Waals surface area contributed by atoms with Crippen LogP contribution in [0.4, 0.5) is 10.8 Å². The number of carbonyl (C=O) groups is 1. The van der Waals surface area contributed by atoms with Crippen LogP contribution in [-0.4, -0.2) is 48.1 Å². The minimum Gasteiger partial charge on any atom is -0.378 e. The maximum Gasteiger partial charge on any atom is 0.245 e. The summed E-state index contributed by atoms with van der Waals surface area (Å²) in [5.74, 6) is 0.0862. The molecule has 2 heterocycles. The van der Waals surface area contributed by atoms with Gasteiger partial charge in [-0.1, -0.05) is 35.9 Å². The fourth-order valence-corrected chi connectivity index (χ4v) is 4.62. The van der Waals surface area contributed by atoms with Crippen molar-refractivity contribution in [2.75, 3.05) is 31.2 Å². The van der Waals surface area contributed by atoms with E-state index in [1.54, 1.807) is 0 Å². The molecule has 3 aromatic rings. The molecule has 0 saturated carbocycles. The molecule has 7 heteroatoms. The molecule has 5 nitrogen and oxygen atoms in total. The Morgan fingerprint density at radius 2 is 1.93 bits per heavy atom. The Kier molecular flexibility index (Phi) is 6.37. The maximum absolute atomic E-state index is 13.3. The van der Waals surface area contributed by atoms with E-state index in [4.69, 9.17) is 21.3 Å². The minimum atomic E-state index is -0.380. The zero-order valence-electron chi connectivity index (χ0n) is 17.0. The predicted octanol–water partition coefficient (Wildman–Crippen LogP) is 5.16. The first kappa shape index (κ1) is 20.8. The minimum absolute atomic E-state index is 0.0862. The predicted molar refractivity (Wildman–Crippen MR) is 123 cm³/mol. The van der Waals surface area contributed by atoms with Crippen LogP contribution in [0.2, 0.25) is 5.02 Å². The Hall–Kier alpha value is -2.41. The Labute approximate surface area is 185 Å². The van der Waals surface area contributed by atoms with Gasteiger partial charge in [-0.3, -0.25) is 4.79 Å². The highest BCUT2D eigenvalue weighted by molar-refractivity contribution is 7.14. The van der Waals surface area contributed by atoms with E-state index in [1.165, 1.54) is 11.3 Å². The molecule has 0 aliphatic carbocycles. The number of rotatable bonds is 5. The molecule has 0 N–H and O–H groups in total. The van der Waals surface area contributed by atoms with E-state index < -0.39 is 0 Å². The lowest BCUT2D eigenvalue weighted by molar-refractivity contribution is -0.136. The SMILES string of the molecule is Cc1cccc(N(c2nc(-c3ccc(Cl)cc3)cs2)C(C)C(=O)N2CCOCC2)c1. The molecule has 156 valence electrons. The number of amides is 1. The third-order valence-corrected chi connectivity index (χ3v) is 6.28. The standard InChI is InChI=1S/C23H24ClN3O2S/c1-16-4-3-5-20(14-16)27(17(2)22(28)26-10-12-29-13-11-26)23-25-21(15-30-23)18-6-8-19(24)9-7-18/h3-9,14-15,17H,10-13H2,1-2H3. The second kappa shape index (κ2) is 9.16. The van der Waals surface area contributed by atoms with E-state index in [2.05, 4.69) is 19.1 Å². The Balaban J connectivity index is 1.69. The number of ether oxygens (including phenoxy) is 1. The first-order chi connectivity index (χ1) is 14.5. The maximum atomic E-state index is 13.3. The molecule has 2 aromatic carbocycles. The average molecular weight is 442 g/mol. The van der Waals surface area contributed by atoms with Gasteiger partial charge in [-0.2, -0.15) is 0 Å². The average Bonchev–Trinajstić information content (AvgIpc) is 3.24. The van der Waals surface area contributed by atoms with Crippen molar-refractivity contribution >= 4 is 39.7 Å². The fraction of sp³-hybridized carbons (Fsp3) is 0.304. The first-order valence-electron chi connectivity index (χ1n) is 9.97. The molecule has 1 aliphatic rings. The van der Waals surface area contributed by atoms with Crippen molar-refractivity contribution in [1.29, 1.82) is 0 Å². The molecule has 1 atom stereocenters. The number of morpholine rings is 1. The van der Waals surface area contributed by atoms with Gasteiger partial charge in [0.1, 0.15) is 6.04 Å². The van der Waals surface area contributed by atoms with Crippen LogP contribution in [0.15, 0.2) is 53.9 Å². The number of anilines is 2. The molecule has 4 rings (SSSR count). The topological polar surface area (TPSA) is 45.7 Å². The number of thiazole rings is 1. The molecule has 1 aromatic heterocycles. The van der Waals surface area contributed by atoms with E-state index in [-0.39, 0.29) is 11.9 Å². The third-order valence-electron chi connectivity index (χ3n) is 5.19. The van der Waals surface area contributed by atoms with Gasteiger partial charge in [0.05, 0.1) is 18.9 Å². The fourth-order valence-electron chi connectivity index (χ4n) is 3.56. The number of aromatic nitrogens is 1. The highest BCUT2D eigenvalue weighted by Crippen LogP contribution is 2.35. The summed E-state index contributed by atoms with van der Waals surface area (Å²) in [6.07, 6.45) is 0. The lowest BCUT2D eigenvalue weighted by Gasteiger charge is -2.34. The summed E-state index contributed by atoms with van der Waals surface area (Å²) in [6, 6.07) is 15.4. The van der Waals surface area contributed by atoms with Crippen LogP contribution in [0.25, 0.3) is 11.3 Å². The van der Waals surface area contributed by atoms with E-state index in [9.17, 15) is 4.79 Å². The largest absolute Gasteiger partial charge is 0.378 e. The van der Waals surface area contributed by atoms with Crippen molar-refractivity contribution in [1.82, 2.24) is 9.88 Å². The number of halogens is 1. The molecule has 1 saturated heterocycles. The van der Waals surface area contributed by atoms with Crippen LogP contribution < -0.4 is 4.90 Å². The van der Waals surface area contributed by atoms with Crippen LogP contribution in [-0.2, 0) is 9.53 Å². The van der Waals surface area contributed by atoms with Gasteiger partial charge in [0.15, 0.2) is 5.13 Å². The van der Waals surface area contributed by atoms with Gasteiger partial charge in [0, 0.05) is 34.7 Å². The molecule has 1 amide bonds. The van der Waals surface area contributed by atoms with Crippen molar-refractivity contribution in [3.63, 3.8) is 0 Å². The van der Waals surface area contributed by atoms with Crippen LogP contribution in [0.3, 0.4) is 0 Å². The van der Waals surface area contributed by atoms with Crippen molar-refractivity contribution in [2.24, 2.45) is 0 Å². The summed E-state index contributed by atoms with van der Waals surface area (Å²) in [4.78, 5) is 22.1. The molecule has 30 heavy (non-hydrogen) atoms. The molecular formula is C23H24ClN3O2S. The summed E-state index contributed by atoms with van der Waals surface area (Å²) in [5.41, 5.74) is 3.97. The smallest absolute Gasteiger partial charge is 0.245 e. The first-order valence-corrected chi connectivity index (χ1v) is 11.2. The third kappa shape index (κ3) is 4.51. The Morgan fingerprint density at radius 1 is 1.20 bits per heavy atom. The lowest BCUT2D eigenvalue weighted by Crippen LogP contribution is -2.49. The summed E-state index contributed by atoms with van der Waals surface area (Å²) < 4.78 is 5.41. The highest BCUT2D eigenvalue weighted by Gasteiger charge is 2.30. The summed E-state index contributed by atoms with van der Waals surface area (Å²) >= 11 is 7.56. The van der Waals surface area contributed by atoms with E-state index >= 15 is 0 Å². The number of hydrogen-bond donors (Lipinski definition) is 0. The van der Waals surface area contributed by atoms with E-state index in [1.807, 2.05) is 58.5 Å². The van der Waals surface area contributed by atoms with Crippen LogP contribution in [0.5, 0.6) is 0 Å². The zero-order chi connectivity index (χ0) is 21.1. The quantitative estimate of drug-likeness (QED) is 0.548. The van der Waals surface area contributed by atoms with Gasteiger partial charge in [0.2, 0.25) is 5.91 Å².